The number of primary amides is 1. The number of aliphatic carboxylic acids is 1. The fourth-order valence-electron chi connectivity index (χ4n) is 1.99. The largest absolute Gasteiger partial charge is 0.480 e. The number of carbonyl (C=O) groups excluding carboxylic acids is 2. The lowest BCUT2D eigenvalue weighted by molar-refractivity contribution is -0.147. The van der Waals surface area contributed by atoms with Crippen molar-refractivity contribution in [3.63, 3.8) is 0 Å². The molecule has 7 heteroatoms. The predicted octanol–water partition coefficient (Wildman–Crippen LogP) is 0.147. The molecule has 0 aromatic heterocycles. The van der Waals surface area contributed by atoms with Crippen LogP contribution in [0.5, 0.6) is 0 Å². The second-order valence-electron chi connectivity index (χ2n) is 5.74. The highest BCUT2D eigenvalue weighted by Gasteiger charge is 2.46. The summed E-state index contributed by atoms with van der Waals surface area (Å²) in [4.78, 5) is 35.7. The summed E-state index contributed by atoms with van der Waals surface area (Å²) in [6, 6.07) is -0.475. The van der Waals surface area contributed by atoms with E-state index in [9.17, 15) is 19.5 Å². The predicted molar refractivity (Wildman–Crippen MR) is 68.4 cm³/mol. The number of rotatable bonds is 4. The van der Waals surface area contributed by atoms with Crippen molar-refractivity contribution in [2.45, 2.75) is 39.2 Å². The van der Waals surface area contributed by atoms with Crippen LogP contribution >= 0.6 is 0 Å². The Morgan fingerprint density at radius 2 is 2.00 bits per heavy atom. The number of carboxylic acids is 1. The molecule has 7 nitrogen and oxygen atoms in total. The van der Waals surface area contributed by atoms with Crippen molar-refractivity contribution in [1.29, 1.82) is 0 Å². The van der Waals surface area contributed by atoms with Gasteiger partial charge in [-0.1, -0.05) is 0 Å². The highest BCUT2D eigenvalue weighted by molar-refractivity contribution is 5.87. The van der Waals surface area contributed by atoms with Crippen molar-refractivity contribution in [2.24, 2.45) is 11.1 Å². The van der Waals surface area contributed by atoms with Crippen LogP contribution < -0.4 is 11.1 Å². The summed E-state index contributed by atoms with van der Waals surface area (Å²) in [7, 11) is 0. The third-order valence-corrected chi connectivity index (χ3v) is 3.70. The summed E-state index contributed by atoms with van der Waals surface area (Å²) >= 11 is 0. The Morgan fingerprint density at radius 1 is 1.42 bits per heavy atom. The Labute approximate surface area is 112 Å². The van der Waals surface area contributed by atoms with E-state index in [2.05, 4.69) is 5.32 Å². The molecule has 0 aromatic carbocycles. The van der Waals surface area contributed by atoms with Crippen molar-refractivity contribution in [3.8, 4) is 0 Å². The quantitative estimate of drug-likeness (QED) is 0.675. The minimum atomic E-state index is -1.18. The van der Waals surface area contributed by atoms with Crippen LogP contribution in [0.2, 0.25) is 0 Å². The molecule has 0 bridgehead atoms. The van der Waals surface area contributed by atoms with Crippen molar-refractivity contribution in [1.82, 2.24) is 10.2 Å². The molecule has 1 saturated heterocycles. The lowest BCUT2D eigenvalue weighted by Gasteiger charge is -2.32. The first-order chi connectivity index (χ1) is 8.61. The molecule has 1 unspecified atom stereocenters. The number of urea groups is 1. The minimum Gasteiger partial charge on any atom is -0.480 e. The van der Waals surface area contributed by atoms with E-state index in [1.165, 1.54) is 11.8 Å². The Kier molecular flexibility index (Phi) is 4.07. The molecule has 0 aromatic rings. The van der Waals surface area contributed by atoms with Gasteiger partial charge < -0.3 is 21.1 Å². The number of nitrogens with one attached hydrogen (secondary N) is 1. The number of hydrogen-bond donors (Lipinski definition) is 3. The van der Waals surface area contributed by atoms with Crippen LogP contribution in [0, 0.1) is 5.41 Å². The van der Waals surface area contributed by atoms with Gasteiger partial charge in [-0.3, -0.25) is 4.79 Å². The maximum Gasteiger partial charge on any atom is 0.329 e. The molecule has 1 fully saturated rings. The summed E-state index contributed by atoms with van der Waals surface area (Å²) in [6.45, 7) is 5.24. The van der Waals surface area contributed by atoms with E-state index in [-0.39, 0.29) is 6.54 Å². The highest BCUT2D eigenvalue weighted by atomic mass is 16.4. The fourth-order valence-corrected chi connectivity index (χ4v) is 1.99. The van der Waals surface area contributed by atoms with Gasteiger partial charge in [-0.2, -0.15) is 0 Å². The van der Waals surface area contributed by atoms with Gasteiger partial charge in [0.25, 0.3) is 0 Å². The summed E-state index contributed by atoms with van der Waals surface area (Å²) in [5.41, 5.74) is 3.17. The maximum absolute atomic E-state index is 12.0. The Bertz CT molecular complexity index is 408. The van der Waals surface area contributed by atoms with E-state index >= 15 is 0 Å². The Morgan fingerprint density at radius 3 is 2.47 bits per heavy atom. The normalized spacial score (nSPS) is 23.2. The fraction of sp³-hybridized carbons (Fsp3) is 0.750. The molecule has 4 N–H and O–H groups in total. The topological polar surface area (TPSA) is 113 Å². The molecule has 0 saturated carbocycles. The molecular formula is C12H21N3O4. The molecule has 1 rings (SSSR count). The van der Waals surface area contributed by atoms with E-state index < -0.39 is 28.9 Å². The van der Waals surface area contributed by atoms with Crippen LogP contribution in [0.15, 0.2) is 0 Å². The number of carbonyl (C=O) groups is 3. The SMILES string of the molecule is CC(C)(CNC(=O)N1CCCC1(C)C(=O)O)C(N)=O. The van der Waals surface area contributed by atoms with Gasteiger partial charge in [0.15, 0.2) is 0 Å². The van der Waals surface area contributed by atoms with Gasteiger partial charge in [0.1, 0.15) is 5.54 Å². The van der Waals surface area contributed by atoms with Crippen LogP contribution in [0.3, 0.4) is 0 Å². The van der Waals surface area contributed by atoms with Crippen molar-refractivity contribution >= 4 is 17.9 Å². The van der Waals surface area contributed by atoms with Gasteiger partial charge in [-0.15, -0.1) is 0 Å². The summed E-state index contributed by atoms with van der Waals surface area (Å²) < 4.78 is 0. The van der Waals surface area contributed by atoms with E-state index in [1.54, 1.807) is 13.8 Å². The average molecular weight is 271 g/mol. The highest BCUT2D eigenvalue weighted by Crippen LogP contribution is 2.29. The minimum absolute atomic E-state index is 0.0768. The molecule has 1 heterocycles. The van der Waals surface area contributed by atoms with Crippen molar-refractivity contribution in [2.75, 3.05) is 13.1 Å². The molecular weight excluding hydrogens is 250 g/mol. The van der Waals surface area contributed by atoms with Crippen molar-refractivity contribution < 1.29 is 19.5 Å². The molecule has 1 aliphatic rings. The third kappa shape index (κ3) is 2.97. The lowest BCUT2D eigenvalue weighted by atomic mass is 9.93. The summed E-state index contributed by atoms with van der Waals surface area (Å²) in [6.07, 6.45) is 1.07. The molecule has 0 spiro atoms. The summed E-state index contributed by atoms with van der Waals surface area (Å²) in [5, 5.41) is 11.8. The smallest absolute Gasteiger partial charge is 0.329 e. The standard InChI is InChI=1S/C12H21N3O4/c1-11(2,8(13)16)7-14-10(19)15-6-4-5-12(15,3)9(17)18/h4-7H2,1-3H3,(H2,13,16)(H,14,19)(H,17,18). The average Bonchev–Trinajstić information content (AvgIpc) is 2.69. The number of hydrogen-bond acceptors (Lipinski definition) is 3. The molecule has 19 heavy (non-hydrogen) atoms. The van der Waals surface area contributed by atoms with Gasteiger partial charge in [0.05, 0.1) is 5.41 Å². The molecule has 1 atom stereocenters. The maximum atomic E-state index is 12.0. The van der Waals surface area contributed by atoms with Crippen LogP contribution in [0.4, 0.5) is 4.79 Å². The number of nitrogens with two attached hydrogens (primary N) is 1. The molecule has 3 amide bonds. The molecule has 108 valence electrons. The molecule has 1 aliphatic heterocycles. The number of nitrogens with zero attached hydrogens (tertiary/aromatic N) is 1. The van der Waals surface area contributed by atoms with Gasteiger partial charge in [-0.25, -0.2) is 9.59 Å². The van der Waals surface area contributed by atoms with Crippen LogP contribution in [-0.2, 0) is 9.59 Å². The second-order valence-corrected chi connectivity index (χ2v) is 5.74. The van der Waals surface area contributed by atoms with Gasteiger partial charge in [-0.05, 0) is 33.6 Å². The molecule has 0 radical (unpaired) electrons. The van der Waals surface area contributed by atoms with Crippen LogP contribution in [-0.4, -0.2) is 46.5 Å². The van der Waals surface area contributed by atoms with E-state index in [0.29, 0.717) is 19.4 Å². The zero-order valence-electron chi connectivity index (χ0n) is 11.5. The van der Waals surface area contributed by atoms with Crippen LogP contribution in [0.1, 0.15) is 33.6 Å². The Balaban J connectivity index is 2.69. The first-order valence-electron chi connectivity index (χ1n) is 6.20. The molecule has 0 aliphatic carbocycles. The lowest BCUT2D eigenvalue weighted by Crippen LogP contribution is -2.55. The first kappa shape index (κ1) is 15.3. The van der Waals surface area contributed by atoms with E-state index in [4.69, 9.17) is 5.73 Å². The van der Waals surface area contributed by atoms with E-state index in [0.717, 1.165) is 0 Å². The zero-order valence-corrected chi connectivity index (χ0v) is 11.5. The summed E-state index contributed by atoms with van der Waals surface area (Å²) in [5.74, 6) is -1.54. The number of carboxylic acid groups (broad SMARTS) is 1. The van der Waals surface area contributed by atoms with Crippen LogP contribution in [0.25, 0.3) is 0 Å². The first-order valence-corrected chi connectivity index (χ1v) is 6.20. The Hall–Kier alpha value is -1.79. The van der Waals surface area contributed by atoms with Crippen molar-refractivity contribution in [3.05, 3.63) is 0 Å². The third-order valence-electron chi connectivity index (χ3n) is 3.70. The number of likely N-dealkylation sites (tertiary alicyclic amines) is 1. The number of amides is 3. The van der Waals surface area contributed by atoms with Gasteiger partial charge >= 0.3 is 12.0 Å². The van der Waals surface area contributed by atoms with Gasteiger partial charge in [0, 0.05) is 13.1 Å². The zero-order chi connectivity index (χ0) is 14.8. The van der Waals surface area contributed by atoms with Gasteiger partial charge in [0.2, 0.25) is 5.91 Å². The van der Waals surface area contributed by atoms with E-state index in [1.807, 2.05) is 0 Å². The second kappa shape index (κ2) is 5.07. The monoisotopic (exact) mass is 271 g/mol.